The first-order valence-electron chi connectivity index (χ1n) is 10.3. The molecule has 3 aromatic carbocycles. The summed E-state index contributed by atoms with van der Waals surface area (Å²) in [5.74, 6) is 1.43. The van der Waals surface area contributed by atoms with Crippen LogP contribution in [-0.4, -0.2) is 25.0 Å². The minimum absolute atomic E-state index is 0.596. The van der Waals surface area contributed by atoms with Crippen molar-refractivity contribution in [1.82, 2.24) is 9.99 Å². The van der Waals surface area contributed by atoms with Gasteiger partial charge in [-0.1, -0.05) is 54.1 Å². The first-order chi connectivity index (χ1) is 15.2. The molecule has 0 saturated heterocycles. The van der Waals surface area contributed by atoms with Crippen molar-refractivity contribution < 1.29 is 9.47 Å². The van der Waals surface area contributed by atoms with Crippen molar-refractivity contribution in [3.8, 4) is 11.5 Å². The largest absolute Gasteiger partial charge is 0.493 e. The molecular formula is C26H27N3O2. The van der Waals surface area contributed by atoms with Crippen LogP contribution in [0.4, 0.5) is 0 Å². The van der Waals surface area contributed by atoms with Crippen LogP contribution in [-0.2, 0) is 13.1 Å². The summed E-state index contributed by atoms with van der Waals surface area (Å²) in [4.78, 5) is 0. The van der Waals surface area contributed by atoms with Gasteiger partial charge < -0.3 is 19.5 Å². The Morgan fingerprint density at radius 2 is 1.65 bits per heavy atom. The number of aryl methyl sites for hydroxylation is 1. The summed E-state index contributed by atoms with van der Waals surface area (Å²) < 4.78 is 12.9. The van der Waals surface area contributed by atoms with Crippen molar-refractivity contribution in [2.75, 3.05) is 14.2 Å². The molecule has 0 aliphatic carbocycles. The number of methoxy groups -OCH3 is 2. The molecule has 158 valence electrons. The first kappa shape index (κ1) is 20.5. The number of rotatable bonds is 8. The van der Waals surface area contributed by atoms with Crippen molar-refractivity contribution in [2.24, 2.45) is 5.10 Å². The van der Waals surface area contributed by atoms with Gasteiger partial charge in [0.25, 0.3) is 0 Å². The zero-order valence-corrected chi connectivity index (χ0v) is 18.1. The normalized spacial score (nSPS) is 11.2. The molecule has 0 fully saturated rings. The number of nitrogens with one attached hydrogen (secondary N) is 1. The topological polar surface area (TPSA) is 47.8 Å². The maximum atomic E-state index is 5.36. The van der Waals surface area contributed by atoms with E-state index >= 15 is 0 Å². The van der Waals surface area contributed by atoms with Gasteiger partial charge in [-0.25, -0.2) is 0 Å². The summed E-state index contributed by atoms with van der Waals surface area (Å²) in [6, 6.07) is 22.9. The van der Waals surface area contributed by atoms with E-state index in [1.54, 1.807) is 14.2 Å². The van der Waals surface area contributed by atoms with Crippen molar-refractivity contribution in [1.29, 1.82) is 0 Å². The lowest BCUT2D eigenvalue weighted by Crippen LogP contribution is -2.06. The number of aromatic nitrogens is 1. The van der Waals surface area contributed by atoms with E-state index in [0.29, 0.717) is 12.3 Å². The predicted octanol–water partition coefficient (Wildman–Crippen LogP) is 5.14. The van der Waals surface area contributed by atoms with E-state index in [2.05, 4.69) is 76.7 Å². The van der Waals surface area contributed by atoms with Crippen LogP contribution in [0.5, 0.6) is 11.5 Å². The Bertz CT molecular complexity index is 1190. The Morgan fingerprint density at radius 1 is 0.903 bits per heavy atom. The molecule has 0 spiro atoms. The molecule has 5 nitrogen and oxygen atoms in total. The van der Waals surface area contributed by atoms with E-state index in [1.165, 1.54) is 22.0 Å². The average molecular weight is 414 g/mol. The number of ether oxygens (including phenoxy) is 2. The second kappa shape index (κ2) is 9.39. The van der Waals surface area contributed by atoms with Gasteiger partial charge in [-0.2, -0.15) is 5.10 Å². The zero-order valence-electron chi connectivity index (χ0n) is 18.1. The molecule has 4 rings (SSSR count). The molecule has 4 aromatic rings. The Labute approximate surface area is 182 Å². The van der Waals surface area contributed by atoms with Crippen LogP contribution in [0.3, 0.4) is 0 Å². The number of benzene rings is 3. The van der Waals surface area contributed by atoms with Crippen LogP contribution in [0.2, 0.25) is 0 Å². The summed E-state index contributed by atoms with van der Waals surface area (Å²) >= 11 is 0. The lowest BCUT2D eigenvalue weighted by molar-refractivity contribution is 0.354. The SMILES string of the molecule is COc1ccc(CN/N=C\c2cn(Cc3ccc(C)cc3)c3ccccc23)cc1OC. The van der Waals surface area contributed by atoms with Crippen LogP contribution >= 0.6 is 0 Å². The first-order valence-corrected chi connectivity index (χ1v) is 10.3. The third-order valence-corrected chi connectivity index (χ3v) is 5.32. The zero-order chi connectivity index (χ0) is 21.6. The number of para-hydroxylation sites is 1. The molecule has 0 aliphatic heterocycles. The minimum Gasteiger partial charge on any atom is -0.493 e. The fourth-order valence-corrected chi connectivity index (χ4v) is 3.64. The molecule has 0 atom stereocenters. The summed E-state index contributed by atoms with van der Waals surface area (Å²) in [5, 5.41) is 5.64. The highest BCUT2D eigenvalue weighted by Crippen LogP contribution is 2.27. The van der Waals surface area contributed by atoms with Gasteiger partial charge in [0.1, 0.15) is 0 Å². The third kappa shape index (κ3) is 4.72. The summed E-state index contributed by atoms with van der Waals surface area (Å²) in [6.45, 7) is 3.53. The van der Waals surface area contributed by atoms with Gasteiger partial charge in [-0.3, -0.25) is 0 Å². The monoisotopic (exact) mass is 413 g/mol. The highest BCUT2D eigenvalue weighted by molar-refractivity contribution is 5.99. The summed E-state index contributed by atoms with van der Waals surface area (Å²) in [7, 11) is 3.27. The second-order valence-electron chi connectivity index (χ2n) is 7.50. The Kier molecular flexibility index (Phi) is 6.22. The van der Waals surface area contributed by atoms with Gasteiger partial charge in [0, 0.05) is 29.2 Å². The number of fused-ring (bicyclic) bond motifs is 1. The molecule has 1 aromatic heterocycles. The van der Waals surface area contributed by atoms with Gasteiger partial charge >= 0.3 is 0 Å². The van der Waals surface area contributed by atoms with E-state index in [0.717, 1.165) is 23.4 Å². The Balaban J connectivity index is 1.49. The average Bonchev–Trinajstić information content (AvgIpc) is 3.15. The van der Waals surface area contributed by atoms with Crippen LogP contribution < -0.4 is 14.9 Å². The molecule has 5 heteroatoms. The van der Waals surface area contributed by atoms with Gasteiger partial charge in [0.05, 0.1) is 27.0 Å². The molecular weight excluding hydrogens is 386 g/mol. The molecule has 1 N–H and O–H groups in total. The highest BCUT2D eigenvalue weighted by Gasteiger charge is 2.07. The molecule has 0 aliphatic rings. The highest BCUT2D eigenvalue weighted by atomic mass is 16.5. The maximum Gasteiger partial charge on any atom is 0.161 e. The lowest BCUT2D eigenvalue weighted by Gasteiger charge is -2.09. The summed E-state index contributed by atoms with van der Waals surface area (Å²) in [5.41, 5.74) is 9.03. The Morgan fingerprint density at radius 3 is 2.42 bits per heavy atom. The standard InChI is InChI=1S/C26H27N3O2/c1-19-8-10-20(11-9-19)17-29-18-22(23-6-4-5-7-24(23)29)16-28-27-15-21-12-13-25(30-2)26(14-21)31-3/h4-14,16,18,27H,15,17H2,1-3H3/b28-16-. The van der Waals surface area contributed by atoms with E-state index in [9.17, 15) is 0 Å². The van der Waals surface area contributed by atoms with Gasteiger partial charge in [-0.15, -0.1) is 0 Å². The molecule has 0 bridgehead atoms. The van der Waals surface area contributed by atoms with E-state index in [4.69, 9.17) is 9.47 Å². The van der Waals surface area contributed by atoms with Gasteiger partial charge in [-0.05, 0) is 36.2 Å². The fraction of sp³-hybridized carbons (Fsp3) is 0.192. The second-order valence-corrected chi connectivity index (χ2v) is 7.50. The minimum atomic E-state index is 0.596. The summed E-state index contributed by atoms with van der Waals surface area (Å²) in [6.07, 6.45) is 4.04. The molecule has 0 saturated carbocycles. The number of hydrazone groups is 1. The fourth-order valence-electron chi connectivity index (χ4n) is 3.64. The van der Waals surface area contributed by atoms with Crippen molar-refractivity contribution in [2.45, 2.75) is 20.0 Å². The molecule has 0 radical (unpaired) electrons. The van der Waals surface area contributed by atoms with Crippen LogP contribution in [0.25, 0.3) is 10.9 Å². The number of hydrogen-bond donors (Lipinski definition) is 1. The third-order valence-electron chi connectivity index (χ3n) is 5.32. The Hall–Kier alpha value is -3.73. The molecule has 1 heterocycles. The maximum absolute atomic E-state index is 5.36. The quantitative estimate of drug-likeness (QED) is 0.321. The van der Waals surface area contributed by atoms with Crippen LogP contribution in [0.1, 0.15) is 22.3 Å². The lowest BCUT2D eigenvalue weighted by atomic mass is 10.1. The number of hydrogen-bond acceptors (Lipinski definition) is 4. The van der Waals surface area contributed by atoms with E-state index in [1.807, 2.05) is 24.4 Å². The van der Waals surface area contributed by atoms with Crippen molar-refractivity contribution in [3.63, 3.8) is 0 Å². The molecule has 0 unspecified atom stereocenters. The molecule has 31 heavy (non-hydrogen) atoms. The van der Waals surface area contributed by atoms with E-state index in [-0.39, 0.29) is 0 Å². The van der Waals surface area contributed by atoms with Gasteiger partial charge in [0.2, 0.25) is 0 Å². The van der Waals surface area contributed by atoms with E-state index < -0.39 is 0 Å². The smallest absolute Gasteiger partial charge is 0.161 e. The van der Waals surface area contributed by atoms with Gasteiger partial charge in [0.15, 0.2) is 11.5 Å². The van der Waals surface area contributed by atoms with Crippen LogP contribution in [0, 0.1) is 6.92 Å². The van der Waals surface area contributed by atoms with Crippen molar-refractivity contribution >= 4 is 17.1 Å². The molecule has 0 amide bonds. The van der Waals surface area contributed by atoms with Crippen molar-refractivity contribution in [3.05, 3.63) is 95.2 Å². The number of nitrogens with zero attached hydrogens (tertiary/aromatic N) is 2. The van der Waals surface area contributed by atoms with Crippen LogP contribution in [0.15, 0.2) is 78.0 Å². The predicted molar refractivity (Wildman–Crippen MR) is 126 cm³/mol.